The molecule has 0 unspecified atom stereocenters. The van der Waals surface area contributed by atoms with Gasteiger partial charge in [0.15, 0.2) is 0 Å². The summed E-state index contributed by atoms with van der Waals surface area (Å²) in [5.41, 5.74) is 2.43. The molecule has 562 valence electrons. The Labute approximate surface area is 679 Å². The Morgan fingerprint density at radius 3 is 0.500 bits per heavy atom. The fourth-order valence-electron chi connectivity index (χ4n) is 11.5. The number of rotatable bonds is 25. The van der Waals surface area contributed by atoms with Crippen LogP contribution in [0.1, 0.15) is 199 Å². The number of unbranched alkanes of at least 4 members (excludes halogenated alkanes) is 1. The van der Waals surface area contributed by atoms with Crippen LogP contribution in [-0.4, -0.2) is 100 Å². The van der Waals surface area contributed by atoms with Crippen molar-refractivity contribution in [3.8, 4) is 23.0 Å². The van der Waals surface area contributed by atoms with E-state index in [9.17, 15) is 20.4 Å². The molecule has 20 radical (unpaired) electrons. The van der Waals surface area contributed by atoms with Crippen LogP contribution in [0.15, 0.2) is 117 Å². The monoisotopic (exact) mass is 1820 g/mol. The molecule has 8 rings (SSSR count). The zero-order chi connectivity index (χ0) is 77.6. The normalized spacial score (nSPS) is 17.8. The Kier molecular flexibility index (Phi) is 57.4. The summed E-state index contributed by atoms with van der Waals surface area (Å²) in [5, 5.41) is 48.0. The van der Waals surface area contributed by atoms with Crippen molar-refractivity contribution < 1.29 is 89.7 Å². The number of aliphatic imine (C=N–C) groups is 4. The second kappa shape index (κ2) is 58.3. The zero-order valence-corrected chi connectivity index (χ0v) is 73.6. The van der Waals surface area contributed by atoms with E-state index in [1.807, 2.05) is 93.5 Å². The van der Waals surface area contributed by atoms with Crippen molar-refractivity contribution in [2.75, 3.05) is 65.4 Å². The van der Waals surface area contributed by atoms with Gasteiger partial charge in [-0.25, -0.2) is 0 Å². The molecule has 4 fully saturated rings. The van der Waals surface area contributed by atoms with Crippen LogP contribution in [0.5, 0.6) is 23.0 Å². The van der Waals surface area contributed by atoms with Crippen LogP contribution in [0, 0.1) is 118 Å². The number of benzene rings is 4. The molecule has 0 heterocycles. The second-order valence-corrected chi connectivity index (χ2v) is 25.6. The smallest absolute Gasteiger partial charge is 0.0401 e. The molecule has 4 aromatic rings. The molecule has 0 N–H and O–H groups in total. The van der Waals surface area contributed by atoms with Gasteiger partial charge < -0.3 is 30.2 Å². The van der Waals surface area contributed by atoms with Crippen molar-refractivity contribution in [3.05, 3.63) is 238 Å². The molecule has 4 aliphatic carbocycles. The summed E-state index contributed by atoms with van der Waals surface area (Å²) in [6.07, 6.45) is 12.3. The van der Waals surface area contributed by atoms with Crippen molar-refractivity contribution in [1.82, 2.24) is 9.80 Å². The number of para-hydroxylation sites is 4. The SMILES string of the molecule is C[C]1[C](C)[C](C)[C](C)[C]1C.C[C]1[C](C)[C](C)[C](C)[C]1C.C[C]1[C](C)[C](C)[C](C)[C]1C.C[C]1[C](C)[C](C)[C](C)[C]1C.[Cl][Rh+2].[Cl][Rh+2].[Cl][Rh+2].[Cl][Rh+2].[O-]c1ccccc1C=NCCCN(CCCCN(CCCN=Cc1ccccc1[O-])CCCN=Cc1ccccc1[O-])CCCN=Cc1ccccc1[O-]. The van der Waals surface area contributed by atoms with Gasteiger partial charge in [0.25, 0.3) is 0 Å². The van der Waals surface area contributed by atoms with Crippen molar-refractivity contribution in [2.24, 2.45) is 20.0 Å². The third-order valence-corrected chi connectivity index (χ3v) is 20.1. The quantitative estimate of drug-likeness (QED) is 0.0366. The molecule has 0 aliphatic heterocycles. The summed E-state index contributed by atoms with van der Waals surface area (Å²) >= 11 is 8.09. The summed E-state index contributed by atoms with van der Waals surface area (Å²) in [7, 11) is 18.1. The first kappa shape index (κ1) is 100. The van der Waals surface area contributed by atoms with Gasteiger partial charge in [0.05, 0.1) is 0 Å². The molecule has 0 saturated heterocycles. The summed E-state index contributed by atoms with van der Waals surface area (Å²) in [5.74, 6) is 29.3. The molecule has 4 saturated carbocycles. The fraction of sp³-hybridized carbons (Fsp3) is 0.429. The molecule has 18 heteroatoms. The predicted molar refractivity (Wildman–Crippen MR) is 416 cm³/mol. The molecule has 4 aliphatic rings. The molecular formula is C84H112Cl4N6O4Rh4+4. The second-order valence-electron chi connectivity index (χ2n) is 25.6. The molecule has 0 amide bonds. The van der Waals surface area contributed by atoms with Crippen LogP contribution < -0.4 is 20.4 Å². The first-order valence-corrected chi connectivity index (χ1v) is 42.9. The van der Waals surface area contributed by atoms with E-state index < -0.39 is 0 Å². The van der Waals surface area contributed by atoms with Gasteiger partial charge in [-0.3, -0.25) is 20.0 Å². The molecule has 0 bridgehead atoms. The summed E-state index contributed by atoms with van der Waals surface area (Å²) < 4.78 is 0. The van der Waals surface area contributed by atoms with E-state index in [4.69, 9.17) is 0 Å². The molecule has 10 nitrogen and oxygen atoms in total. The number of halogens is 4. The molecule has 102 heavy (non-hydrogen) atoms. The van der Waals surface area contributed by atoms with Crippen LogP contribution in [-0.2, 0) is 69.2 Å². The maximum Gasteiger partial charge on any atom is 0.0401 e. The van der Waals surface area contributed by atoms with Gasteiger partial charge in [0, 0.05) is 51.0 Å². The average molecular weight is 1820 g/mol. The van der Waals surface area contributed by atoms with Crippen molar-refractivity contribution in [1.29, 1.82) is 0 Å². The van der Waals surface area contributed by atoms with E-state index in [2.05, 4.69) is 207 Å². The Hall–Kier alpha value is -1.67. The van der Waals surface area contributed by atoms with Crippen LogP contribution in [0.25, 0.3) is 0 Å². The number of nitrogens with zero attached hydrogens (tertiary/aromatic N) is 6. The topological polar surface area (TPSA) is 148 Å². The van der Waals surface area contributed by atoms with Gasteiger partial charge in [-0.1, -0.05) is 236 Å². The third-order valence-electron chi connectivity index (χ3n) is 20.1. The number of hydrogen-bond acceptors (Lipinski definition) is 10. The minimum absolute atomic E-state index is 0.0208. The van der Waals surface area contributed by atoms with E-state index in [1.165, 1.54) is 118 Å². The van der Waals surface area contributed by atoms with Crippen LogP contribution in [0.4, 0.5) is 0 Å². The third kappa shape index (κ3) is 35.8. The first-order chi connectivity index (χ1) is 48.7. The van der Waals surface area contributed by atoms with Gasteiger partial charge in [-0.05, 0) is 218 Å². The maximum atomic E-state index is 12.0. The molecule has 0 spiro atoms. The van der Waals surface area contributed by atoms with Crippen molar-refractivity contribution >= 4 is 63.6 Å². The molecule has 0 aromatic heterocycles. The minimum Gasteiger partial charge on any atom is -0.872 e. The first-order valence-electron chi connectivity index (χ1n) is 34.5. The standard InChI is InChI=1S/C44H56N6O4.4C10H15.4ClH.4Rh/c51-41-19-5-1-15-37(41)33-45-23-11-29-49(30-12-24-46-34-38-16-2-6-20-42(38)52)27-9-10-28-50(31-13-25-47-35-39-17-3-7-21-43(39)53)32-14-26-48-36-40-18-4-8-22-44(40)54;4*1-6-7(2)9(4)10(5)8(6)3;;;;;;;;/h1-8,15-22,33-36,51-54H,9-14,23-32H2;4*1-5H3;4*1H;;;;/q;;;;;;;;;4*+3/p-8. The van der Waals surface area contributed by atoms with Crippen molar-refractivity contribution in [2.45, 2.75) is 177 Å². The van der Waals surface area contributed by atoms with Gasteiger partial charge >= 0.3 is 108 Å². The van der Waals surface area contributed by atoms with E-state index >= 15 is 0 Å². The Morgan fingerprint density at radius 2 is 0.363 bits per heavy atom. The van der Waals surface area contributed by atoms with E-state index in [1.54, 1.807) is 97.7 Å². The van der Waals surface area contributed by atoms with E-state index in [0.29, 0.717) is 48.4 Å². The Bertz CT molecular complexity index is 2330. The summed E-state index contributed by atoms with van der Waals surface area (Å²) in [6, 6.07) is 27.7. The Balaban J connectivity index is 0.00000168. The van der Waals surface area contributed by atoms with Crippen molar-refractivity contribution in [3.63, 3.8) is 0 Å². The summed E-state index contributed by atoms with van der Waals surface area (Å²) in [4.78, 5) is 23.0. The van der Waals surface area contributed by atoms with Crippen LogP contribution >= 0.6 is 38.8 Å². The van der Waals surface area contributed by atoms with Crippen LogP contribution in [0.2, 0.25) is 0 Å². The maximum absolute atomic E-state index is 12.0. The van der Waals surface area contributed by atoms with Gasteiger partial charge in [-0.15, -0.1) is 23.0 Å². The average Bonchev–Trinajstić information content (AvgIpc) is 1.70. The molecule has 0 atom stereocenters. The molecular weight excluding hydrogens is 1710 g/mol. The predicted octanol–water partition coefficient (Wildman–Crippen LogP) is 19.3. The van der Waals surface area contributed by atoms with E-state index in [-0.39, 0.29) is 23.0 Å². The fourth-order valence-corrected chi connectivity index (χ4v) is 11.5. The van der Waals surface area contributed by atoms with Crippen LogP contribution in [0.3, 0.4) is 0 Å². The Morgan fingerprint density at radius 1 is 0.235 bits per heavy atom. The summed E-state index contributed by atoms with van der Waals surface area (Å²) in [6.45, 7) is 52.0. The largest absolute Gasteiger partial charge is 0.872 e. The minimum atomic E-state index is -0.0208. The van der Waals surface area contributed by atoms with E-state index in [0.717, 1.165) is 77.8 Å². The van der Waals surface area contributed by atoms with Gasteiger partial charge in [-0.2, -0.15) is 0 Å². The van der Waals surface area contributed by atoms with Gasteiger partial charge in [0.1, 0.15) is 0 Å². The van der Waals surface area contributed by atoms with Gasteiger partial charge in [0.2, 0.25) is 0 Å². The molecule has 4 aromatic carbocycles. The zero-order valence-electron chi connectivity index (χ0n) is 64.0. The number of hydrogen-bond donors (Lipinski definition) is 0.